The van der Waals surface area contributed by atoms with E-state index in [1.807, 2.05) is 0 Å². The Balaban J connectivity index is 0.000000980. The Hall–Kier alpha value is -0.348. The average molecular weight is 203 g/mol. The van der Waals surface area contributed by atoms with E-state index in [0.29, 0.717) is 5.39 Å². The molecular formula is C7H7BLiNO3S. The van der Waals surface area contributed by atoms with Crippen molar-refractivity contribution in [2.75, 3.05) is 0 Å². The Labute approximate surface area is 96.4 Å². The Morgan fingerprint density at radius 3 is 2.57 bits per heavy atom. The third-order valence-electron chi connectivity index (χ3n) is 1.78. The number of pyridine rings is 1. The molecule has 0 spiro atoms. The molecule has 0 saturated carbocycles. The quantitative estimate of drug-likeness (QED) is 0.419. The van der Waals surface area contributed by atoms with Crippen molar-refractivity contribution in [1.29, 1.82) is 0 Å². The topological polar surface area (TPSA) is 73.6 Å². The number of aromatic nitrogens is 1. The van der Waals surface area contributed by atoms with E-state index >= 15 is 0 Å². The molecule has 0 amide bonds. The molecule has 0 aliphatic carbocycles. The molecule has 2 heterocycles. The molecule has 2 aromatic heterocycles. The number of rotatable bonds is 1. The number of fused-ring (bicyclic) bond motifs is 1. The normalized spacial score (nSPS) is 11.4. The van der Waals surface area contributed by atoms with Crippen LogP contribution in [0.3, 0.4) is 0 Å². The zero-order valence-corrected chi connectivity index (χ0v) is 8.40. The molecule has 14 heavy (non-hydrogen) atoms. The van der Waals surface area contributed by atoms with Crippen molar-refractivity contribution < 1.29 is 33.9 Å². The van der Waals surface area contributed by atoms with Gasteiger partial charge in [0.1, 0.15) is 0 Å². The number of thiophene rings is 1. The summed E-state index contributed by atoms with van der Waals surface area (Å²) >= 11 is 1.45. The van der Waals surface area contributed by atoms with Gasteiger partial charge in [-0.15, -0.1) is 11.3 Å². The Morgan fingerprint density at radius 1 is 1.21 bits per heavy atom. The van der Waals surface area contributed by atoms with Crippen molar-refractivity contribution >= 4 is 33.8 Å². The molecule has 0 saturated heterocycles. The first-order valence-electron chi connectivity index (χ1n) is 3.73. The van der Waals surface area contributed by atoms with Gasteiger partial charge in [-0.3, -0.25) is 4.98 Å². The smallest absolute Gasteiger partial charge is 0.555 e. The number of hydrogen-bond acceptors (Lipinski definition) is 5. The van der Waals surface area contributed by atoms with Crippen LogP contribution in [0.1, 0.15) is 0 Å². The van der Waals surface area contributed by atoms with Crippen LogP contribution in [0.5, 0.6) is 0 Å². The Morgan fingerprint density at radius 2 is 1.93 bits per heavy atom. The minimum absolute atomic E-state index is 0. The molecule has 68 valence electrons. The molecule has 3 N–H and O–H groups in total. The van der Waals surface area contributed by atoms with Crippen molar-refractivity contribution in [3.05, 3.63) is 23.7 Å². The van der Waals surface area contributed by atoms with E-state index in [0.717, 1.165) is 4.70 Å². The maximum absolute atomic E-state index is 9.02. The number of nitrogens with zero attached hydrogens (tertiary/aromatic N) is 1. The van der Waals surface area contributed by atoms with Gasteiger partial charge in [-0.1, -0.05) is 0 Å². The van der Waals surface area contributed by atoms with Crippen molar-refractivity contribution in [2.24, 2.45) is 0 Å². The second-order valence-corrected chi connectivity index (χ2v) is 3.71. The van der Waals surface area contributed by atoms with Crippen LogP contribution in [-0.2, 0) is 0 Å². The minimum Gasteiger partial charge on any atom is -0.555 e. The van der Waals surface area contributed by atoms with Gasteiger partial charge in [-0.25, -0.2) is 0 Å². The molecule has 0 fully saturated rings. The monoisotopic (exact) mass is 203 g/mol. The summed E-state index contributed by atoms with van der Waals surface area (Å²) in [4.78, 5) is 3.73. The molecule has 0 radical (unpaired) electrons. The molecule has 7 heteroatoms. The molecule has 0 aromatic carbocycles. The second kappa shape index (κ2) is 4.03. The molecule has 0 bridgehead atoms. The molecule has 0 unspecified atom stereocenters. The van der Waals surface area contributed by atoms with Crippen molar-refractivity contribution in [3.63, 3.8) is 0 Å². The zero-order valence-electron chi connectivity index (χ0n) is 7.58. The van der Waals surface area contributed by atoms with Crippen molar-refractivity contribution in [3.8, 4) is 0 Å². The molecular weight excluding hydrogens is 196 g/mol. The third-order valence-corrected chi connectivity index (χ3v) is 2.66. The first-order valence-corrected chi connectivity index (χ1v) is 4.61. The summed E-state index contributed by atoms with van der Waals surface area (Å²) < 4.78 is 0.869. The van der Waals surface area contributed by atoms with Crippen LogP contribution in [0.15, 0.2) is 23.7 Å². The van der Waals surface area contributed by atoms with Crippen LogP contribution < -0.4 is 24.5 Å². The predicted molar refractivity (Wildman–Crippen MR) is 51.7 cm³/mol. The second-order valence-electron chi connectivity index (χ2n) is 2.76. The van der Waals surface area contributed by atoms with Crippen LogP contribution in [0.25, 0.3) is 10.1 Å². The summed E-state index contributed by atoms with van der Waals surface area (Å²) in [6, 6.07) is 3.45. The van der Waals surface area contributed by atoms with E-state index in [1.54, 1.807) is 17.5 Å². The summed E-state index contributed by atoms with van der Waals surface area (Å²) in [7, 11) is 0. The summed E-state index contributed by atoms with van der Waals surface area (Å²) in [5, 5.41) is 29.4. The van der Waals surface area contributed by atoms with Crippen LogP contribution >= 0.6 is 11.3 Å². The van der Waals surface area contributed by atoms with Gasteiger partial charge in [0, 0.05) is 10.9 Å². The molecule has 2 aromatic rings. The minimum atomic E-state index is -3.49. The fourth-order valence-electron chi connectivity index (χ4n) is 1.23. The average Bonchev–Trinajstić information content (AvgIpc) is 2.48. The van der Waals surface area contributed by atoms with Crippen molar-refractivity contribution in [1.82, 2.24) is 4.98 Å². The van der Waals surface area contributed by atoms with Gasteiger partial charge >= 0.3 is 25.6 Å². The first-order chi connectivity index (χ1) is 6.09. The SMILES string of the molecule is O[B-](O)(O)c1nccc2sccc12.[Li+]. The molecule has 0 aliphatic heterocycles. The van der Waals surface area contributed by atoms with Gasteiger partial charge in [0.05, 0.1) is 0 Å². The van der Waals surface area contributed by atoms with Crippen molar-refractivity contribution in [2.45, 2.75) is 0 Å². The fraction of sp³-hybridized carbons (Fsp3) is 0. The summed E-state index contributed by atoms with van der Waals surface area (Å²) in [5.74, 6) is 0. The van der Waals surface area contributed by atoms with Crippen LogP contribution in [0, 0.1) is 0 Å². The summed E-state index contributed by atoms with van der Waals surface area (Å²) in [6.07, 6.45) is 1.44. The van der Waals surface area contributed by atoms with Gasteiger partial charge < -0.3 is 15.1 Å². The molecule has 4 nitrogen and oxygen atoms in total. The van der Waals surface area contributed by atoms with E-state index in [1.165, 1.54) is 17.5 Å². The predicted octanol–water partition coefficient (Wildman–Crippen LogP) is -3.58. The maximum Gasteiger partial charge on any atom is 1.00 e. The van der Waals surface area contributed by atoms with Gasteiger partial charge in [0.25, 0.3) is 0 Å². The van der Waals surface area contributed by atoms with E-state index in [9.17, 15) is 0 Å². The van der Waals surface area contributed by atoms with E-state index in [-0.39, 0.29) is 24.5 Å². The fourth-order valence-corrected chi connectivity index (χ4v) is 2.01. The van der Waals surface area contributed by atoms with E-state index < -0.39 is 6.75 Å². The van der Waals surface area contributed by atoms with Gasteiger partial charge in [-0.05, 0) is 28.5 Å². The first kappa shape index (κ1) is 11.7. The molecule has 0 aliphatic rings. The van der Waals surface area contributed by atoms with Gasteiger partial charge in [-0.2, -0.15) is 0 Å². The van der Waals surface area contributed by atoms with E-state index in [4.69, 9.17) is 15.1 Å². The van der Waals surface area contributed by atoms with Gasteiger partial charge in [0.15, 0.2) is 0 Å². The zero-order chi connectivity index (χ0) is 9.47. The van der Waals surface area contributed by atoms with Crippen LogP contribution in [-0.4, -0.2) is 26.8 Å². The summed E-state index contributed by atoms with van der Waals surface area (Å²) in [6.45, 7) is -3.49. The van der Waals surface area contributed by atoms with E-state index in [2.05, 4.69) is 4.98 Å². The van der Waals surface area contributed by atoms with Gasteiger partial charge in [0.2, 0.25) is 0 Å². The maximum atomic E-state index is 9.02. The molecule has 2 rings (SSSR count). The third kappa shape index (κ3) is 2.01. The Kier molecular flexibility index (Phi) is 3.37. The largest absolute Gasteiger partial charge is 1.00 e. The standard InChI is InChI=1S/C7H7BNO3S.Li/c10-8(11,12)7-5-2-4-13-6(5)1-3-9-7;/h1-4,10-12H;/q-1;+1. The number of hydrogen-bond donors (Lipinski definition) is 3. The van der Waals surface area contributed by atoms with Crippen LogP contribution in [0.2, 0.25) is 0 Å². The molecule has 0 atom stereocenters. The Bertz CT molecular complexity index is 442. The summed E-state index contributed by atoms with van der Waals surface area (Å²) in [5.41, 5.74) is -0.0706. The van der Waals surface area contributed by atoms with Crippen LogP contribution in [0.4, 0.5) is 0 Å².